The van der Waals surface area contributed by atoms with Crippen LogP contribution >= 0.6 is 0 Å². The van der Waals surface area contributed by atoms with E-state index in [0.29, 0.717) is 5.41 Å². The van der Waals surface area contributed by atoms with Gasteiger partial charge in [0.1, 0.15) is 0 Å². The van der Waals surface area contributed by atoms with E-state index < -0.39 is 5.60 Å². The Morgan fingerprint density at radius 3 is 2.19 bits per heavy atom. The number of fused-ring (bicyclic) bond motifs is 5. The van der Waals surface area contributed by atoms with E-state index in [4.69, 9.17) is 0 Å². The van der Waals surface area contributed by atoms with Gasteiger partial charge in [0.05, 0.1) is 5.60 Å². The maximum absolute atomic E-state index is 11.1. The van der Waals surface area contributed by atoms with Gasteiger partial charge in [-0.3, -0.25) is 0 Å². The Bertz CT molecular complexity index is 546. The highest BCUT2D eigenvalue weighted by Gasteiger charge is 2.63. The first kappa shape index (κ1) is 18.0. The van der Waals surface area contributed by atoms with Crippen molar-refractivity contribution in [3.8, 4) is 0 Å². The molecule has 5 saturated carbocycles. The molecule has 5 fully saturated rings. The minimum atomic E-state index is -0.416. The third kappa shape index (κ3) is 2.37. The molecule has 0 amide bonds. The fourth-order valence-electron chi connectivity index (χ4n) is 9.39. The second-order valence-corrected chi connectivity index (χ2v) is 12.0. The van der Waals surface area contributed by atoms with Crippen molar-refractivity contribution in [3.05, 3.63) is 0 Å². The van der Waals surface area contributed by atoms with Crippen LogP contribution < -0.4 is 0 Å². The molecule has 0 aromatic carbocycles. The number of rotatable bonds is 1. The van der Waals surface area contributed by atoms with Crippen LogP contribution in [0.4, 0.5) is 0 Å². The summed E-state index contributed by atoms with van der Waals surface area (Å²) in [6.07, 6.45) is 18.7. The maximum atomic E-state index is 11.1. The molecule has 1 heteroatoms. The monoisotopic (exact) mass is 358 g/mol. The van der Waals surface area contributed by atoms with Crippen molar-refractivity contribution in [3.63, 3.8) is 0 Å². The Morgan fingerprint density at radius 1 is 0.692 bits per heavy atom. The van der Waals surface area contributed by atoms with Crippen molar-refractivity contribution in [2.24, 2.45) is 46.3 Å². The second-order valence-electron chi connectivity index (χ2n) is 12.0. The van der Waals surface area contributed by atoms with Crippen molar-refractivity contribution in [1.29, 1.82) is 0 Å². The van der Waals surface area contributed by atoms with Gasteiger partial charge in [-0.2, -0.15) is 0 Å². The lowest BCUT2D eigenvalue weighted by atomic mass is 9.43. The van der Waals surface area contributed by atoms with Crippen LogP contribution in [0.1, 0.15) is 104 Å². The first-order chi connectivity index (χ1) is 12.4. The van der Waals surface area contributed by atoms with Gasteiger partial charge in [-0.05, 0) is 111 Å². The zero-order chi connectivity index (χ0) is 18.2. The van der Waals surface area contributed by atoms with Gasteiger partial charge >= 0.3 is 0 Å². The van der Waals surface area contributed by atoms with Gasteiger partial charge in [0, 0.05) is 0 Å². The Balaban J connectivity index is 1.36. The topological polar surface area (TPSA) is 20.2 Å². The molecule has 0 aromatic heterocycles. The molecule has 0 bridgehead atoms. The molecular weight excluding hydrogens is 316 g/mol. The van der Waals surface area contributed by atoms with Crippen LogP contribution in [0.2, 0.25) is 0 Å². The van der Waals surface area contributed by atoms with Crippen LogP contribution in [0.25, 0.3) is 0 Å². The highest BCUT2D eigenvalue weighted by Crippen LogP contribution is 2.68. The molecule has 0 spiro atoms. The van der Waals surface area contributed by atoms with E-state index >= 15 is 0 Å². The number of hydrogen-bond acceptors (Lipinski definition) is 1. The van der Waals surface area contributed by atoms with E-state index in [1.54, 1.807) is 6.42 Å². The Hall–Kier alpha value is -0.0400. The van der Waals surface area contributed by atoms with Crippen LogP contribution in [0.5, 0.6) is 0 Å². The van der Waals surface area contributed by atoms with Gasteiger partial charge in [-0.1, -0.05) is 39.5 Å². The van der Waals surface area contributed by atoms with Gasteiger partial charge in [0.25, 0.3) is 0 Å². The van der Waals surface area contributed by atoms with Gasteiger partial charge in [0.2, 0.25) is 0 Å². The molecule has 0 unspecified atom stereocenters. The quantitative estimate of drug-likeness (QED) is 0.561. The summed E-state index contributed by atoms with van der Waals surface area (Å²) >= 11 is 0. The highest BCUT2D eigenvalue weighted by molar-refractivity contribution is 5.12. The molecule has 5 rings (SSSR count). The predicted molar refractivity (Wildman–Crippen MR) is 108 cm³/mol. The molecule has 8 atom stereocenters. The lowest BCUT2D eigenvalue weighted by Crippen LogP contribution is -2.56. The summed E-state index contributed by atoms with van der Waals surface area (Å²) in [6, 6.07) is 0. The molecule has 0 heterocycles. The average molecular weight is 359 g/mol. The smallest absolute Gasteiger partial charge is 0.0675 e. The molecule has 0 aromatic rings. The van der Waals surface area contributed by atoms with Gasteiger partial charge in [-0.15, -0.1) is 0 Å². The standard InChI is InChI=1S/C25H42O/c1-23-13-10-18(17-6-4-5-7-17)16-19(23)8-9-20-21(23)11-14-24(2)22(20)12-15-25(24,3)26/h17-22,26H,4-16H2,1-3H3/t18-,19-,20+,21-,22-,23-,24-,25+/m0/s1. The van der Waals surface area contributed by atoms with Crippen LogP contribution in [0.15, 0.2) is 0 Å². The molecule has 1 nitrogen and oxygen atoms in total. The van der Waals surface area contributed by atoms with Crippen molar-refractivity contribution in [2.45, 2.75) is 110 Å². The first-order valence-corrected chi connectivity index (χ1v) is 12.1. The van der Waals surface area contributed by atoms with E-state index in [1.807, 2.05) is 0 Å². The molecule has 5 aliphatic carbocycles. The van der Waals surface area contributed by atoms with Crippen molar-refractivity contribution >= 4 is 0 Å². The van der Waals surface area contributed by atoms with Crippen LogP contribution in [-0.4, -0.2) is 10.7 Å². The van der Waals surface area contributed by atoms with Crippen molar-refractivity contribution < 1.29 is 5.11 Å². The Kier molecular flexibility index (Phi) is 4.14. The van der Waals surface area contributed by atoms with Crippen LogP contribution in [0.3, 0.4) is 0 Å². The summed E-state index contributed by atoms with van der Waals surface area (Å²) in [6.45, 7) is 7.29. The fourth-order valence-corrected chi connectivity index (χ4v) is 9.39. The van der Waals surface area contributed by atoms with Crippen LogP contribution in [-0.2, 0) is 0 Å². The summed E-state index contributed by atoms with van der Waals surface area (Å²) in [7, 11) is 0. The minimum Gasteiger partial charge on any atom is -0.390 e. The zero-order valence-electron chi connectivity index (χ0n) is 17.6. The van der Waals surface area contributed by atoms with E-state index in [-0.39, 0.29) is 5.41 Å². The fraction of sp³-hybridized carbons (Fsp3) is 1.00. The predicted octanol–water partition coefficient (Wildman–Crippen LogP) is 6.59. The summed E-state index contributed by atoms with van der Waals surface area (Å²) in [5.41, 5.74) is 0.396. The third-order valence-electron chi connectivity index (χ3n) is 11.3. The SMILES string of the molecule is C[C@]12CC[C@H](C3CCCC3)C[C@@H]1CC[C@@H]1[C@@H]2CC[C@@]2(C)[C@H]1CC[C@@]2(C)O. The number of hydrogen-bond donors (Lipinski definition) is 1. The molecule has 0 radical (unpaired) electrons. The number of aliphatic hydroxyl groups is 1. The summed E-state index contributed by atoms with van der Waals surface area (Å²) in [5, 5.41) is 11.1. The Morgan fingerprint density at radius 2 is 1.42 bits per heavy atom. The summed E-state index contributed by atoms with van der Waals surface area (Å²) in [4.78, 5) is 0. The van der Waals surface area contributed by atoms with Gasteiger partial charge in [0.15, 0.2) is 0 Å². The molecule has 148 valence electrons. The average Bonchev–Trinajstić information content (AvgIpc) is 3.21. The van der Waals surface area contributed by atoms with E-state index in [9.17, 15) is 5.11 Å². The summed E-state index contributed by atoms with van der Waals surface area (Å²) < 4.78 is 0. The summed E-state index contributed by atoms with van der Waals surface area (Å²) in [5.74, 6) is 5.81. The molecule has 1 N–H and O–H groups in total. The molecule has 0 aliphatic heterocycles. The Labute approximate surface area is 161 Å². The van der Waals surface area contributed by atoms with E-state index in [2.05, 4.69) is 20.8 Å². The lowest BCUT2D eigenvalue weighted by molar-refractivity contribution is -0.151. The third-order valence-corrected chi connectivity index (χ3v) is 11.3. The molecule has 0 saturated heterocycles. The maximum Gasteiger partial charge on any atom is 0.0675 e. The first-order valence-electron chi connectivity index (χ1n) is 12.1. The van der Waals surface area contributed by atoms with Crippen molar-refractivity contribution in [2.75, 3.05) is 0 Å². The molecule has 26 heavy (non-hydrogen) atoms. The zero-order valence-corrected chi connectivity index (χ0v) is 17.6. The van der Waals surface area contributed by atoms with Gasteiger partial charge < -0.3 is 5.11 Å². The van der Waals surface area contributed by atoms with Gasteiger partial charge in [-0.25, -0.2) is 0 Å². The van der Waals surface area contributed by atoms with E-state index in [1.165, 1.54) is 70.6 Å². The second kappa shape index (κ2) is 5.98. The lowest BCUT2D eigenvalue weighted by Gasteiger charge is -2.62. The molecular formula is C25H42O. The minimum absolute atomic E-state index is 0.193. The highest BCUT2D eigenvalue weighted by atomic mass is 16.3. The molecule has 5 aliphatic rings. The van der Waals surface area contributed by atoms with Crippen molar-refractivity contribution in [1.82, 2.24) is 0 Å². The van der Waals surface area contributed by atoms with Crippen LogP contribution in [0, 0.1) is 46.3 Å². The normalized spacial score (nSPS) is 57.5. The largest absolute Gasteiger partial charge is 0.390 e. The van der Waals surface area contributed by atoms with E-state index in [0.717, 1.165) is 41.9 Å².